The largest absolute Gasteiger partial charge is 0.481 e. The van der Waals surface area contributed by atoms with Gasteiger partial charge in [0.25, 0.3) is 11.6 Å². The highest BCUT2D eigenvalue weighted by Crippen LogP contribution is 2.18. The van der Waals surface area contributed by atoms with Gasteiger partial charge in [-0.1, -0.05) is 18.2 Å². The Kier molecular flexibility index (Phi) is 7.26. The summed E-state index contributed by atoms with van der Waals surface area (Å²) < 4.78 is 10.7. The van der Waals surface area contributed by atoms with Crippen LogP contribution in [0.4, 0.5) is 5.69 Å². The Labute approximate surface area is 183 Å². The highest BCUT2D eigenvalue weighted by molar-refractivity contribution is 5.91. The molecule has 1 N–H and O–H groups in total. The molecule has 3 aromatic rings. The molecule has 0 spiro atoms. The SMILES string of the molecule is CC(Oc1ccc([N+](=O)[O-])cc1)C(=O)NN=Cc1ccc(OC(=O)c2ccccc2)cc1. The summed E-state index contributed by atoms with van der Waals surface area (Å²) in [6, 6.07) is 20.6. The van der Waals surface area contributed by atoms with E-state index in [1.54, 1.807) is 48.5 Å². The van der Waals surface area contributed by atoms with Gasteiger partial charge in [0, 0.05) is 12.1 Å². The lowest BCUT2D eigenvalue weighted by molar-refractivity contribution is -0.384. The molecule has 0 aromatic heterocycles. The number of non-ortho nitro benzene ring substituents is 1. The van der Waals surface area contributed by atoms with Crippen molar-refractivity contribution in [2.45, 2.75) is 13.0 Å². The zero-order chi connectivity index (χ0) is 22.9. The summed E-state index contributed by atoms with van der Waals surface area (Å²) in [7, 11) is 0. The van der Waals surface area contributed by atoms with Gasteiger partial charge in [0.15, 0.2) is 6.10 Å². The van der Waals surface area contributed by atoms with Crippen LogP contribution in [0.3, 0.4) is 0 Å². The van der Waals surface area contributed by atoms with Gasteiger partial charge in [-0.2, -0.15) is 5.10 Å². The molecule has 9 heteroatoms. The summed E-state index contributed by atoms with van der Waals surface area (Å²) in [6.07, 6.45) is 0.563. The number of hydrogen-bond acceptors (Lipinski definition) is 7. The highest BCUT2D eigenvalue weighted by Gasteiger charge is 2.14. The van der Waals surface area contributed by atoms with E-state index in [2.05, 4.69) is 10.5 Å². The quantitative estimate of drug-likeness (QED) is 0.190. The van der Waals surface area contributed by atoms with Crippen LogP contribution in [-0.4, -0.2) is 29.1 Å². The van der Waals surface area contributed by atoms with Crippen LogP contribution < -0.4 is 14.9 Å². The van der Waals surface area contributed by atoms with E-state index in [9.17, 15) is 19.7 Å². The van der Waals surface area contributed by atoms with E-state index in [1.807, 2.05) is 6.07 Å². The van der Waals surface area contributed by atoms with E-state index in [-0.39, 0.29) is 5.69 Å². The number of nitrogens with zero attached hydrogens (tertiary/aromatic N) is 2. The summed E-state index contributed by atoms with van der Waals surface area (Å²) in [5, 5.41) is 14.5. The first kappa shape index (κ1) is 22.2. The molecule has 0 aliphatic rings. The van der Waals surface area contributed by atoms with Crippen molar-refractivity contribution in [1.29, 1.82) is 0 Å². The Morgan fingerprint density at radius 1 is 0.969 bits per heavy atom. The number of nitrogens with one attached hydrogen (secondary N) is 1. The highest BCUT2D eigenvalue weighted by atomic mass is 16.6. The number of hydrogen-bond donors (Lipinski definition) is 1. The smallest absolute Gasteiger partial charge is 0.343 e. The molecular formula is C23H19N3O6. The van der Waals surface area contributed by atoms with Crippen molar-refractivity contribution in [2.75, 3.05) is 0 Å². The summed E-state index contributed by atoms with van der Waals surface area (Å²) >= 11 is 0. The lowest BCUT2D eigenvalue weighted by atomic mass is 10.2. The first-order valence-corrected chi connectivity index (χ1v) is 9.54. The van der Waals surface area contributed by atoms with Crippen molar-refractivity contribution in [3.63, 3.8) is 0 Å². The lowest BCUT2D eigenvalue weighted by Crippen LogP contribution is -2.33. The number of nitro groups is 1. The number of rotatable bonds is 8. The van der Waals surface area contributed by atoms with Crippen LogP contribution in [0.15, 0.2) is 84.0 Å². The minimum atomic E-state index is -0.867. The number of carbonyl (C=O) groups excluding carboxylic acids is 2. The zero-order valence-electron chi connectivity index (χ0n) is 17.0. The fourth-order valence-corrected chi connectivity index (χ4v) is 2.53. The Balaban J connectivity index is 1.48. The molecule has 0 saturated heterocycles. The average Bonchev–Trinajstić information content (AvgIpc) is 2.81. The van der Waals surface area contributed by atoms with Gasteiger partial charge in [0.05, 0.1) is 16.7 Å². The van der Waals surface area contributed by atoms with Crippen molar-refractivity contribution in [1.82, 2.24) is 5.43 Å². The van der Waals surface area contributed by atoms with Crippen LogP contribution in [0.2, 0.25) is 0 Å². The van der Waals surface area contributed by atoms with Crippen LogP contribution >= 0.6 is 0 Å². The maximum atomic E-state index is 12.1. The Morgan fingerprint density at radius 3 is 2.22 bits per heavy atom. The molecule has 9 nitrogen and oxygen atoms in total. The van der Waals surface area contributed by atoms with Gasteiger partial charge in [-0.25, -0.2) is 10.2 Å². The normalized spacial score (nSPS) is 11.5. The van der Waals surface area contributed by atoms with Crippen molar-refractivity contribution in [3.05, 3.63) is 100 Å². The molecule has 0 aliphatic heterocycles. The third kappa shape index (κ3) is 6.23. The maximum absolute atomic E-state index is 12.1. The zero-order valence-corrected chi connectivity index (χ0v) is 17.0. The molecule has 0 saturated carbocycles. The van der Waals surface area contributed by atoms with E-state index in [4.69, 9.17) is 9.47 Å². The van der Waals surface area contributed by atoms with E-state index in [0.29, 0.717) is 22.6 Å². The van der Waals surface area contributed by atoms with Gasteiger partial charge in [-0.05, 0) is 61.0 Å². The monoisotopic (exact) mass is 433 g/mol. The van der Waals surface area contributed by atoms with E-state index < -0.39 is 22.9 Å². The Bertz CT molecular complexity index is 1110. The predicted molar refractivity (Wildman–Crippen MR) is 117 cm³/mol. The van der Waals surface area contributed by atoms with Crippen LogP contribution in [0.1, 0.15) is 22.8 Å². The summed E-state index contributed by atoms with van der Waals surface area (Å²) in [4.78, 5) is 34.3. The Hall–Kier alpha value is -4.53. The molecule has 162 valence electrons. The van der Waals surface area contributed by atoms with Crippen LogP contribution in [0.25, 0.3) is 0 Å². The van der Waals surface area contributed by atoms with Gasteiger partial charge < -0.3 is 9.47 Å². The van der Waals surface area contributed by atoms with Crippen LogP contribution in [-0.2, 0) is 4.79 Å². The molecule has 0 bridgehead atoms. The van der Waals surface area contributed by atoms with Crippen molar-refractivity contribution < 1.29 is 24.0 Å². The van der Waals surface area contributed by atoms with E-state index >= 15 is 0 Å². The molecule has 0 radical (unpaired) electrons. The first-order chi connectivity index (χ1) is 15.4. The van der Waals surface area contributed by atoms with E-state index in [0.717, 1.165) is 0 Å². The molecule has 3 aromatic carbocycles. The fourth-order valence-electron chi connectivity index (χ4n) is 2.53. The predicted octanol–water partition coefficient (Wildman–Crippen LogP) is 3.73. The Morgan fingerprint density at radius 2 is 1.59 bits per heavy atom. The number of amides is 1. The van der Waals surface area contributed by atoms with Gasteiger partial charge >= 0.3 is 5.97 Å². The molecule has 32 heavy (non-hydrogen) atoms. The minimum absolute atomic E-state index is 0.0695. The third-order valence-electron chi connectivity index (χ3n) is 4.22. The number of nitro benzene ring substituents is 1. The minimum Gasteiger partial charge on any atom is -0.481 e. The molecule has 1 unspecified atom stereocenters. The second-order valence-corrected chi connectivity index (χ2v) is 6.57. The maximum Gasteiger partial charge on any atom is 0.343 e. The molecular weight excluding hydrogens is 414 g/mol. The number of hydrazone groups is 1. The summed E-state index contributed by atoms with van der Waals surface area (Å²) in [6.45, 7) is 1.53. The molecule has 0 aliphatic carbocycles. The second kappa shape index (κ2) is 10.5. The lowest BCUT2D eigenvalue weighted by Gasteiger charge is -2.12. The second-order valence-electron chi connectivity index (χ2n) is 6.57. The van der Waals surface area contributed by atoms with Crippen molar-refractivity contribution in [2.24, 2.45) is 5.10 Å². The van der Waals surface area contributed by atoms with Gasteiger partial charge in [-0.15, -0.1) is 0 Å². The third-order valence-corrected chi connectivity index (χ3v) is 4.22. The fraction of sp³-hybridized carbons (Fsp3) is 0.0870. The number of carbonyl (C=O) groups is 2. The first-order valence-electron chi connectivity index (χ1n) is 9.54. The van der Waals surface area contributed by atoms with Gasteiger partial charge in [0.2, 0.25) is 0 Å². The topological polar surface area (TPSA) is 120 Å². The summed E-state index contributed by atoms with van der Waals surface area (Å²) in [5.41, 5.74) is 3.42. The van der Waals surface area contributed by atoms with Crippen LogP contribution in [0, 0.1) is 10.1 Å². The van der Waals surface area contributed by atoms with Gasteiger partial charge in [0.1, 0.15) is 11.5 Å². The van der Waals surface area contributed by atoms with Crippen molar-refractivity contribution in [3.8, 4) is 11.5 Å². The van der Waals surface area contributed by atoms with Crippen LogP contribution in [0.5, 0.6) is 11.5 Å². The molecule has 0 fully saturated rings. The molecule has 1 atom stereocenters. The van der Waals surface area contributed by atoms with E-state index in [1.165, 1.54) is 37.4 Å². The molecule has 1 amide bonds. The standard InChI is InChI=1S/C23H19N3O6/c1-16(31-20-13-9-19(10-14-20)26(29)30)22(27)25-24-15-17-7-11-21(12-8-17)32-23(28)18-5-3-2-4-6-18/h2-16H,1H3,(H,25,27). The number of ether oxygens (including phenoxy) is 2. The summed E-state index contributed by atoms with van der Waals surface area (Å²) in [5.74, 6) is -0.248. The van der Waals surface area contributed by atoms with Crippen molar-refractivity contribution >= 4 is 23.8 Å². The average molecular weight is 433 g/mol. The number of esters is 1. The van der Waals surface area contributed by atoms with Gasteiger partial charge in [-0.3, -0.25) is 14.9 Å². The molecule has 0 heterocycles. The number of benzene rings is 3. The molecule has 3 rings (SSSR count).